The zero-order valence-corrected chi connectivity index (χ0v) is 8.91. The Balaban J connectivity index is 2.42. The van der Waals surface area contributed by atoms with Gasteiger partial charge >= 0.3 is 6.03 Å². The summed E-state index contributed by atoms with van der Waals surface area (Å²) < 4.78 is 0. The highest BCUT2D eigenvalue weighted by Gasteiger charge is 2.09. The number of primary amides is 1. The molecule has 1 unspecified atom stereocenters. The fourth-order valence-electron chi connectivity index (χ4n) is 1.77. The molecule has 0 spiro atoms. The van der Waals surface area contributed by atoms with Gasteiger partial charge in [0, 0.05) is 5.71 Å². The number of aliphatic hydroxyl groups is 1. The zero-order valence-electron chi connectivity index (χ0n) is 8.91. The molecule has 0 bridgehead atoms. The second kappa shape index (κ2) is 6.40. The fourth-order valence-corrected chi connectivity index (χ4v) is 1.77. The molecule has 0 heterocycles. The van der Waals surface area contributed by atoms with E-state index >= 15 is 0 Å². The third-order valence-corrected chi connectivity index (χ3v) is 2.58. The predicted octanol–water partition coefficient (Wildman–Crippen LogP) is 1.12. The normalized spacial score (nSPS) is 26.5. The van der Waals surface area contributed by atoms with E-state index in [4.69, 9.17) is 5.73 Å². The van der Waals surface area contributed by atoms with Crippen molar-refractivity contribution < 1.29 is 9.90 Å². The molecule has 0 saturated heterocycles. The van der Waals surface area contributed by atoms with Crippen molar-refractivity contribution in [2.75, 3.05) is 0 Å². The van der Waals surface area contributed by atoms with E-state index in [1.165, 1.54) is 0 Å². The Morgan fingerprint density at radius 2 is 2.00 bits per heavy atom. The molecular weight excluding hydrogens is 194 g/mol. The maximum atomic E-state index is 10.5. The highest BCUT2D eigenvalue weighted by atomic mass is 16.3. The minimum atomic E-state index is -0.623. The summed E-state index contributed by atoms with van der Waals surface area (Å²) in [5.74, 6) is 0. The molecule has 0 aromatic carbocycles. The first-order chi connectivity index (χ1) is 7.18. The Hall–Kier alpha value is -1.10. The number of hydrazone groups is 1. The number of nitrogens with zero attached hydrogens (tertiary/aromatic N) is 1. The van der Waals surface area contributed by atoms with Crippen molar-refractivity contribution in [3.63, 3.8) is 0 Å². The van der Waals surface area contributed by atoms with E-state index in [1.54, 1.807) is 0 Å². The Morgan fingerprint density at radius 1 is 1.33 bits per heavy atom. The van der Waals surface area contributed by atoms with Crippen LogP contribution in [-0.2, 0) is 0 Å². The summed E-state index contributed by atoms with van der Waals surface area (Å²) in [5, 5.41) is 13.5. The Labute approximate surface area is 89.7 Å². The van der Waals surface area contributed by atoms with Crippen LogP contribution in [0.2, 0.25) is 0 Å². The number of rotatable bonds is 1. The molecule has 1 saturated carbocycles. The third-order valence-electron chi connectivity index (χ3n) is 2.58. The van der Waals surface area contributed by atoms with Crippen molar-refractivity contribution in [2.24, 2.45) is 10.8 Å². The molecule has 1 rings (SSSR count). The summed E-state index contributed by atoms with van der Waals surface area (Å²) in [6, 6.07) is -0.623. The zero-order chi connectivity index (χ0) is 11.1. The Morgan fingerprint density at radius 3 is 2.73 bits per heavy atom. The van der Waals surface area contributed by atoms with Gasteiger partial charge in [0.1, 0.15) is 0 Å². The summed E-state index contributed by atoms with van der Waals surface area (Å²) in [5.41, 5.74) is 8.17. The summed E-state index contributed by atoms with van der Waals surface area (Å²) >= 11 is 0. The van der Waals surface area contributed by atoms with Crippen LogP contribution < -0.4 is 11.2 Å². The number of amides is 2. The quantitative estimate of drug-likeness (QED) is 0.570. The van der Waals surface area contributed by atoms with Crippen molar-refractivity contribution in [1.82, 2.24) is 5.43 Å². The highest BCUT2D eigenvalue weighted by Crippen LogP contribution is 2.15. The van der Waals surface area contributed by atoms with Crippen LogP contribution in [0.4, 0.5) is 4.79 Å². The predicted molar refractivity (Wildman–Crippen MR) is 58.5 cm³/mol. The van der Waals surface area contributed by atoms with Crippen LogP contribution in [0.1, 0.15) is 44.9 Å². The van der Waals surface area contributed by atoms with Gasteiger partial charge in [-0.15, -0.1) is 0 Å². The molecule has 1 aliphatic rings. The first kappa shape index (κ1) is 12.0. The summed E-state index contributed by atoms with van der Waals surface area (Å²) in [7, 11) is 0. The average molecular weight is 213 g/mol. The van der Waals surface area contributed by atoms with Gasteiger partial charge in [-0.2, -0.15) is 5.10 Å². The second-order valence-corrected chi connectivity index (χ2v) is 3.95. The number of hydrogen-bond acceptors (Lipinski definition) is 3. The monoisotopic (exact) mass is 213 g/mol. The van der Waals surface area contributed by atoms with Gasteiger partial charge in [0.15, 0.2) is 0 Å². The molecule has 2 amide bonds. The average Bonchev–Trinajstić information content (AvgIpc) is 2.27. The lowest BCUT2D eigenvalue weighted by Gasteiger charge is -2.06. The Kier molecular flexibility index (Phi) is 5.10. The maximum absolute atomic E-state index is 10.5. The van der Waals surface area contributed by atoms with Crippen LogP contribution in [0.3, 0.4) is 0 Å². The van der Waals surface area contributed by atoms with E-state index in [0.717, 1.165) is 50.7 Å². The molecule has 1 fully saturated rings. The van der Waals surface area contributed by atoms with Crippen LogP contribution in [0.5, 0.6) is 0 Å². The molecule has 1 aliphatic carbocycles. The number of nitrogens with one attached hydrogen (secondary N) is 1. The van der Waals surface area contributed by atoms with Crippen molar-refractivity contribution in [1.29, 1.82) is 0 Å². The molecule has 0 aromatic rings. The first-order valence-electron chi connectivity index (χ1n) is 5.47. The molecule has 0 radical (unpaired) electrons. The molecule has 0 aliphatic heterocycles. The largest absolute Gasteiger partial charge is 0.393 e. The number of nitrogens with two attached hydrogens (primary N) is 1. The molecule has 0 aromatic heterocycles. The number of carbonyl (C=O) groups excluding carboxylic acids is 1. The molecule has 86 valence electrons. The molecule has 15 heavy (non-hydrogen) atoms. The number of carbonyl (C=O) groups is 1. The van der Waals surface area contributed by atoms with Crippen molar-refractivity contribution in [3.05, 3.63) is 0 Å². The van der Waals surface area contributed by atoms with Gasteiger partial charge in [-0.3, -0.25) is 0 Å². The second-order valence-electron chi connectivity index (χ2n) is 3.95. The highest BCUT2D eigenvalue weighted by molar-refractivity contribution is 5.85. The van der Waals surface area contributed by atoms with Crippen LogP contribution in [0, 0.1) is 0 Å². The lowest BCUT2D eigenvalue weighted by Crippen LogP contribution is -2.25. The summed E-state index contributed by atoms with van der Waals surface area (Å²) in [4.78, 5) is 10.5. The first-order valence-corrected chi connectivity index (χ1v) is 5.47. The molecule has 1 atom stereocenters. The lowest BCUT2D eigenvalue weighted by molar-refractivity contribution is 0.150. The van der Waals surface area contributed by atoms with E-state index in [2.05, 4.69) is 10.5 Å². The van der Waals surface area contributed by atoms with Gasteiger partial charge in [0.25, 0.3) is 0 Å². The van der Waals surface area contributed by atoms with Gasteiger partial charge in [-0.05, 0) is 38.5 Å². The number of aliphatic hydroxyl groups excluding tert-OH is 1. The summed E-state index contributed by atoms with van der Waals surface area (Å²) in [6.45, 7) is 0. The van der Waals surface area contributed by atoms with Crippen LogP contribution in [0.25, 0.3) is 0 Å². The lowest BCUT2D eigenvalue weighted by atomic mass is 10.1. The minimum Gasteiger partial charge on any atom is -0.393 e. The number of hydrogen-bond donors (Lipinski definition) is 3. The van der Waals surface area contributed by atoms with E-state index in [9.17, 15) is 9.90 Å². The van der Waals surface area contributed by atoms with Crippen LogP contribution >= 0.6 is 0 Å². The van der Waals surface area contributed by atoms with Crippen molar-refractivity contribution >= 4 is 11.7 Å². The fraction of sp³-hybridized carbons (Fsp3) is 0.800. The van der Waals surface area contributed by atoms with Crippen molar-refractivity contribution in [2.45, 2.75) is 51.0 Å². The molecular formula is C10H19N3O2. The number of urea groups is 1. The minimum absolute atomic E-state index is 0.173. The molecule has 5 nitrogen and oxygen atoms in total. The van der Waals surface area contributed by atoms with Crippen LogP contribution in [-0.4, -0.2) is 23.0 Å². The van der Waals surface area contributed by atoms with E-state index < -0.39 is 6.03 Å². The standard InChI is InChI=1S/C10H19N3O2/c11-10(15)13-12-8-4-1-2-6-9(14)7-3-5-8/h9,14H,1-7H2,(H3,11,13,15)/b12-8+. The van der Waals surface area contributed by atoms with E-state index in [0.29, 0.717) is 0 Å². The van der Waals surface area contributed by atoms with Gasteiger partial charge < -0.3 is 10.8 Å². The summed E-state index contributed by atoms with van der Waals surface area (Å²) in [6.07, 6.45) is 6.16. The Bertz CT molecular complexity index is 241. The van der Waals surface area contributed by atoms with E-state index in [1.807, 2.05) is 0 Å². The van der Waals surface area contributed by atoms with Crippen molar-refractivity contribution in [3.8, 4) is 0 Å². The van der Waals surface area contributed by atoms with Gasteiger partial charge in [-0.1, -0.05) is 6.42 Å². The maximum Gasteiger partial charge on any atom is 0.332 e. The van der Waals surface area contributed by atoms with Gasteiger partial charge in [-0.25, -0.2) is 10.2 Å². The molecule has 5 heteroatoms. The smallest absolute Gasteiger partial charge is 0.332 e. The SMILES string of the molecule is NC(=O)N/N=C1\CCCCC(O)CCC1. The molecule has 4 N–H and O–H groups in total. The third kappa shape index (κ3) is 5.37. The topological polar surface area (TPSA) is 87.7 Å². The van der Waals surface area contributed by atoms with Gasteiger partial charge in [0.2, 0.25) is 0 Å². The van der Waals surface area contributed by atoms with Crippen LogP contribution in [0.15, 0.2) is 5.10 Å². The van der Waals surface area contributed by atoms with Gasteiger partial charge in [0.05, 0.1) is 6.10 Å². The van der Waals surface area contributed by atoms with E-state index in [-0.39, 0.29) is 6.10 Å².